The molecule has 0 aromatic heterocycles. The molecule has 1 fully saturated rings. The first-order chi connectivity index (χ1) is 9.08. The van der Waals surface area contributed by atoms with Crippen LogP contribution in [0.2, 0.25) is 0 Å². The van der Waals surface area contributed by atoms with Crippen LogP contribution in [0, 0.1) is 0 Å². The van der Waals surface area contributed by atoms with E-state index in [1.165, 1.54) is 4.90 Å². The van der Waals surface area contributed by atoms with Crippen molar-refractivity contribution in [2.75, 3.05) is 18.6 Å². The summed E-state index contributed by atoms with van der Waals surface area (Å²) in [4.78, 5) is 27.1. The van der Waals surface area contributed by atoms with Crippen LogP contribution in [0.5, 0.6) is 5.75 Å². The Morgan fingerprint density at radius 3 is 2.42 bits per heavy atom. The maximum Gasteiger partial charge on any atom is 0.332 e. The zero-order valence-corrected chi connectivity index (χ0v) is 11.4. The van der Waals surface area contributed by atoms with Crippen molar-refractivity contribution in [2.45, 2.75) is 26.3 Å². The SMILES string of the molecule is CCC(C)N1CC(=O)N(c2ccc(OC)cc2)C1=O. The van der Waals surface area contributed by atoms with Crippen molar-refractivity contribution in [3.8, 4) is 5.75 Å². The molecule has 1 atom stereocenters. The van der Waals surface area contributed by atoms with Gasteiger partial charge in [0, 0.05) is 6.04 Å². The van der Waals surface area contributed by atoms with Crippen LogP contribution in [-0.2, 0) is 4.79 Å². The van der Waals surface area contributed by atoms with Gasteiger partial charge in [0.15, 0.2) is 0 Å². The van der Waals surface area contributed by atoms with Crippen molar-refractivity contribution in [3.63, 3.8) is 0 Å². The lowest BCUT2D eigenvalue weighted by Crippen LogP contribution is -2.37. The quantitative estimate of drug-likeness (QED) is 0.782. The fourth-order valence-corrected chi connectivity index (χ4v) is 2.07. The average molecular weight is 262 g/mol. The zero-order chi connectivity index (χ0) is 14.0. The molecule has 1 saturated heterocycles. The largest absolute Gasteiger partial charge is 0.497 e. The second-order valence-corrected chi connectivity index (χ2v) is 4.59. The molecule has 1 aromatic rings. The lowest BCUT2D eigenvalue weighted by atomic mass is 10.2. The van der Waals surface area contributed by atoms with E-state index in [9.17, 15) is 9.59 Å². The molecule has 0 radical (unpaired) electrons. The number of imide groups is 1. The van der Waals surface area contributed by atoms with Gasteiger partial charge in [-0.15, -0.1) is 0 Å². The number of anilines is 1. The summed E-state index contributed by atoms with van der Waals surface area (Å²) in [5.74, 6) is 0.511. The Bertz CT molecular complexity index is 484. The summed E-state index contributed by atoms with van der Waals surface area (Å²) in [6, 6.07) is 6.73. The zero-order valence-electron chi connectivity index (χ0n) is 11.4. The number of nitrogens with zero attached hydrogens (tertiary/aromatic N) is 2. The predicted octanol–water partition coefficient (Wildman–Crippen LogP) is 2.26. The van der Waals surface area contributed by atoms with E-state index in [2.05, 4.69) is 0 Å². The Kier molecular flexibility index (Phi) is 3.74. The Morgan fingerprint density at radius 1 is 1.26 bits per heavy atom. The Balaban J connectivity index is 2.24. The molecule has 3 amide bonds. The van der Waals surface area contributed by atoms with Crippen LogP contribution in [0.3, 0.4) is 0 Å². The molecule has 1 heterocycles. The Labute approximate surface area is 112 Å². The number of carbonyl (C=O) groups excluding carboxylic acids is 2. The molecule has 1 unspecified atom stereocenters. The van der Waals surface area contributed by atoms with Gasteiger partial charge in [-0.1, -0.05) is 6.92 Å². The second-order valence-electron chi connectivity index (χ2n) is 4.59. The standard InChI is InChI=1S/C14H18N2O3/c1-4-10(2)15-9-13(17)16(14(15)18)11-5-7-12(19-3)8-6-11/h5-8,10H,4,9H2,1-3H3. The molecule has 1 aliphatic rings. The highest BCUT2D eigenvalue weighted by Crippen LogP contribution is 2.25. The van der Waals surface area contributed by atoms with Gasteiger partial charge in [0.2, 0.25) is 0 Å². The minimum atomic E-state index is -0.246. The molecular weight excluding hydrogens is 244 g/mol. The first kappa shape index (κ1) is 13.4. The number of rotatable bonds is 4. The summed E-state index contributed by atoms with van der Waals surface area (Å²) in [6.45, 7) is 4.10. The van der Waals surface area contributed by atoms with Crippen LogP contribution in [0.15, 0.2) is 24.3 Å². The molecule has 0 spiro atoms. The van der Waals surface area contributed by atoms with Gasteiger partial charge in [0.25, 0.3) is 5.91 Å². The summed E-state index contributed by atoms with van der Waals surface area (Å²) >= 11 is 0. The molecule has 2 rings (SSSR count). The highest BCUT2D eigenvalue weighted by atomic mass is 16.5. The minimum absolute atomic E-state index is 0.0692. The van der Waals surface area contributed by atoms with Crippen LogP contribution < -0.4 is 9.64 Å². The van der Waals surface area contributed by atoms with Gasteiger partial charge >= 0.3 is 6.03 Å². The van der Waals surface area contributed by atoms with Gasteiger partial charge in [-0.05, 0) is 37.6 Å². The number of hydrogen-bond donors (Lipinski definition) is 0. The smallest absolute Gasteiger partial charge is 0.332 e. The predicted molar refractivity (Wildman–Crippen MR) is 72.3 cm³/mol. The molecule has 0 N–H and O–H groups in total. The monoisotopic (exact) mass is 262 g/mol. The number of urea groups is 1. The van der Waals surface area contributed by atoms with E-state index < -0.39 is 0 Å². The van der Waals surface area contributed by atoms with E-state index in [4.69, 9.17) is 4.74 Å². The summed E-state index contributed by atoms with van der Waals surface area (Å²) < 4.78 is 5.06. The minimum Gasteiger partial charge on any atom is -0.497 e. The van der Waals surface area contributed by atoms with E-state index >= 15 is 0 Å². The third-order valence-electron chi connectivity index (χ3n) is 3.45. The normalized spacial score (nSPS) is 17.0. The molecule has 1 aromatic carbocycles. The molecule has 1 aliphatic heterocycles. The molecule has 19 heavy (non-hydrogen) atoms. The topological polar surface area (TPSA) is 49.9 Å². The maximum absolute atomic E-state index is 12.3. The summed E-state index contributed by atoms with van der Waals surface area (Å²) in [6.07, 6.45) is 0.829. The van der Waals surface area contributed by atoms with E-state index in [1.807, 2.05) is 13.8 Å². The summed E-state index contributed by atoms with van der Waals surface area (Å²) in [5.41, 5.74) is 0.585. The van der Waals surface area contributed by atoms with Crippen LogP contribution in [0.25, 0.3) is 0 Å². The third-order valence-corrected chi connectivity index (χ3v) is 3.45. The van der Waals surface area contributed by atoms with Crippen LogP contribution in [-0.4, -0.2) is 36.5 Å². The van der Waals surface area contributed by atoms with Gasteiger partial charge in [0.1, 0.15) is 12.3 Å². The average Bonchev–Trinajstić information content (AvgIpc) is 2.73. The number of hydrogen-bond acceptors (Lipinski definition) is 3. The van der Waals surface area contributed by atoms with Crippen molar-refractivity contribution in [1.82, 2.24) is 4.90 Å². The molecule has 0 bridgehead atoms. The molecule has 102 valence electrons. The van der Waals surface area contributed by atoms with Crippen molar-refractivity contribution in [3.05, 3.63) is 24.3 Å². The number of benzene rings is 1. The van der Waals surface area contributed by atoms with Gasteiger partial charge in [-0.2, -0.15) is 0 Å². The van der Waals surface area contributed by atoms with Gasteiger partial charge in [0.05, 0.1) is 12.8 Å². The first-order valence-corrected chi connectivity index (χ1v) is 6.36. The van der Waals surface area contributed by atoms with Crippen molar-refractivity contribution in [2.24, 2.45) is 0 Å². The van der Waals surface area contributed by atoms with E-state index in [-0.39, 0.29) is 24.5 Å². The lowest BCUT2D eigenvalue weighted by molar-refractivity contribution is -0.116. The molecule has 0 aliphatic carbocycles. The molecule has 5 nitrogen and oxygen atoms in total. The highest BCUT2D eigenvalue weighted by molar-refractivity contribution is 6.19. The number of methoxy groups -OCH3 is 1. The summed E-state index contributed by atoms with van der Waals surface area (Å²) in [5, 5.41) is 0. The van der Waals surface area contributed by atoms with Crippen molar-refractivity contribution >= 4 is 17.6 Å². The highest BCUT2D eigenvalue weighted by Gasteiger charge is 2.38. The Hall–Kier alpha value is -2.04. The first-order valence-electron chi connectivity index (χ1n) is 6.36. The number of carbonyl (C=O) groups is 2. The Morgan fingerprint density at radius 2 is 1.89 bits per heavy atom. The molecule has 0 saturated carbocycles. The van der Waals surface area contributed by atoms with Gasteiger partial charge < -0.3 is 9.64 Å². The second kappa shape index (κ2) is 5.30. The van der Waals surface area contributed by atoms with E-state index in [0.29, 0.717) is 11.4 Å². The van der Waals surface area contributed by atoms with Crippen LogP contribution in [0.4, 0.5) is 10.5 Å². The molecular formula is C14H18N2O3. The van der Waals surface area contributed by atoms with Crippen molar-refractivity contribution < 1.29 is 14.3 Å². The number of amides is 3. The third kappa shape index (κ3) is 2.41. The van der Waals surface area contributed by atoms with Gasteiger partial charge in [-0.3, -0.25) is 4.79 Å². The fourth-order valence-electron chi connectivity index (χ4n) is 2.07. The van der Waals surface area contributed by atoms with E-state index in [1.54, 1.807) is 36.3 Å². The van der Waals surface area contributed by atoms with Crippen molar-refractivity contribution in [1.29, 1.82) is 0 Å². The van der Waals surface area contributed by atoms with Gasteiger partial charge in [-0.25, -0.2) is 9.69 Å². The van der Waals surface area contributed by atoms with E-state index in [0.717, 1.165) is 6.42 Å². The van der Waals surface area contributed by atoms with Crippen LogP contribution in [0.1, 0.15) is 20.3 Å². The molecule has 5 heteroatoms. The maximum atomic E-state index is 12.3. The fraction of sp³-hybridized carbons (Fsp3) is 0.429. The summed E-state index contributed by atoms with van der Waals surface area (Å²) in [7, 11) is 1.58. The van der Waals surface area contributed by atoms with Crippen LogP contribution >= 0.6 is 0 Å². The lowest BCUT2D eigenvalue weighted by Gasteiger charge is -2.22. The number of ether oxygens (including phenoxy) is 1.